The molecule has 6 atom stereocenters. The Kier molecular flexibility index (Phi) is 15.1. The number of nitro groups is 2. The maximum atomic E-state index is 14.6. The summed E-state index contributed by atoms with van der Waals surface area (Å²) in [6, 6.07) is 16.7. The van der Waals surface area contributed by atoms with E-state index >= 15 is 0 Å². The number of amides is 1. The predicted octanol–water partition coefficient (Wildman–Crippen LogP) is 8.51. The summed E-state index contributed by atoms with van der Waals surface area (Å²) in [5.41, 5.74) is 2.80. The zero-order chi connectivity index (χ0) is 43.5. The highest BCUT2D eigenvalue weighted by atomic mass is 16.7. The molecule has 0 aromatic heterocycles. The quantitative estimate of drug-likeness (QED) is 0.0343. The number of benzene rings is 3. The topological polar surface area (TPSA) is 196 Å². The molecule has 0 spiro atoms. The van der Waals surface area contributed by atoms with Crippen molar-refractivity contribution in [3.05, 3.63) is 128 Å². The Morgan fingerprint density at radius 1 is 0.984 bits per heavy atom. The van der Waals surface area contributed by atoms with E-state index in [1.807, 2.05) is 19.1 Å². The van der Waals surface area contributed by atoms with E-state index in [-0.39, 0.29) is 61.3 Å². The van der Waals surface area contributed by atoms with Crippen molar-refractivity contribution in [2.24, 2.45) is 22.9 Å². The molecule has 3 aromatic carbocycles. The maximum absolute atomic E-state index is 14.6. The molecule has 2 N–H and O–H groups in total. The molecule has 6 rings (SSSR count). The van der Waals surface area contributed by atoms with E-state index in [1.165, 1.54) is 37.5 Å². The number of carbonyl (C=O) groups excluding carboxylic acids is 1. The normalized spacial score (nSPS) is 23.3. The summed E-state index contributed by atoms with van der Waals surface area (Å²) >= 11 is 0. The lowest BCUT2D eigenvalue weighted by atomic mass is 9.55. The van der Waals surface area contributed by atoms with Gasteiger partial charge in [-0.25, -0.2) is 0 Å². The zero-order valence-electron chi connectivity index (χ0n) is 34.6. The van der Waals surface area contributed by atoms with Crippen molar-refractivity contribution in [1.29, 1.82) is 0 Å². The number of rotatable bonds is 21. The van der Waals surface area contributed by atoms with E-state index in [4.69, 9.17) is 19.0 Å². The molecule has 1 heterocycles. The molecule has 3 aromatic rings. The molecule has 1 amide bonds. The van der Waals surface area contributed by atoms with Gasteiger partial charge in [0.1, 0.15) is 30.4 Å². The van der Waals surface area contributed by atoms with Crippen LogP contribution < -0.4 is 9.47 Å². The van der Waals surface area contributed by atoms with Crippen molar-refractivity contribution in [1.82, 2.24) is 4.90 Å². The van der Waals surface area contributed by atoms with Crippen molar-refractivity contribution in [3.8, 4) is 17.2 Å². The van der Waals surface area contributed by atoms with Crippen LogP contribution in [0.15, 0.2) is 102 Å². The fourth-order valence-electron chi connectivity index (χ4n) is 9.25. The summed E-state index contributed by atoms with van der Waals surface area (Å²) in [6.45, 7) is 6.48. The molecule has 61 heavy (non-hydrogen) atoms. The van der Waals surface area contributed by atoms with E-state index in [2.05, 4.69) is 17.8 Å². The number of oxime groups is 1. The van der Waals surface area contributed by atoms with Crippen LogP contribution in [0.4, 0.5) is 11.4 Å². The molecule has 1 aliphatic heterocycles. The van der Waals surface area contributed by atoms with Crippen molar-refractivity contribution < 1.29 is 43.9 Å². The SMILES string of the molecule is C=CCOC12Oc3ccc(Oc4cccc([N+](=O)[O-])c4)cc3C3C(CCCCO)C(CCCCO)C=C(C(=NOC)CC1N(CCC)C(=O)C=Cc1ccc([N+](=O)[O-])cc1)C32. The number of non-ortho nitro benzene ring substituents is 2. The first-order chi connectivity index (χ1) is 29.6. The van der Waals surface area contributed by atoms with Gasteiger partial charge >= 0.3 is 0 Å². The number of hydrogen-bond acceptors (Lipinski definition) is 12. The molecule has 15 heteroatoms. The lowest BCUT2D eigenvalue weighted by Gasteiger charge is -2.60. The van der Waals surface area contributed by atoms with E-state index in [0.29, 0.717) is 54.3 Å². The number of fused-ring (bicyclic) bond motifs is 2. The minimum absolute atomic E-state index is 0.0162. The Balaban J connectivity index is 1.54. The van der Waals surface area contributed by atoms with E-state index < -0.39 is 27.6 Å². The number of nitro benzene ring substituents is 2. The average molecular weight is 839 g/mol. The number of ether oxygens (including phenoxy) is 3. The van der Waals surface area contributed by atoms with Crippen molar-refractivity contribution >= 4 is 29.1 Å². The van der Waals surface area contributed by atoms with Gasteiger partial charge in [0.2, 0.25) is 11.7 Å². The monoisotopic (exact) mass is 838 g/mol. The number of nitrogens with zero attached hydrogens (tertiary/aromatic N) is 4. The highest BCUT2D eigenvalue weighted by Crippen LogP contribution is 2.62. The van der Waals surface area contributed by atoms with Crippen LogP contribution >= 0.6 is 0 Å². The number of hydrogen-bond donors (Lipinski definition) is 2. The fraction of sp³-hybridized carbons (Fsp3) is 0.435. The Morgan fingerprint density at radius 3 is 2.38 bits per heavy atom. The summed E-state index contributed by atoms with van der Waals surface area (Å²) in [6.07, 6.45) is 12.1. The number of unbranched alkanes of at least 4 members (excludes halogenated alkanes) is 2. The van der Waals surface area contributed by atoms with Crippen LogP contribution in [0, 0.1) is 38.0 Å². The fourth-order valence-corrected chi connectivity index (χ4v) is 9.25. The van der Waals surface area contributed by atoms with E-state index in [1.54, 1.807) is 47.4 Å². The van der Waals surface area contributed by atoms with Crippen LogP contribution in [0.5, 0.6) is 17.2 Å². The highest BCUT2D eigenvalue weighted by Gasteiger charge is 2.65. The lowest BCUT2D eigenvalue weighted by molar-refractivity contribution is -0.385. The van der Waals surface area contributed by atoms with Gasteiger partial charge in [-0.05, 0) is 97.6 Å². The van der Waals surface area contributed by atoms with Gasteiger partial charge in [-0.1, -0.05) is 43.1 Å². The summed E-state index contributed by atoms with van der Waals surface area (Å²) in [7, 11) is 1.49. The van der Waals surface area contributed by atoms with Crippen LogP contribution in [-0.2, 0) is 14.4 Å². The van der Waals surface area contributed by atoms with Crippen molar-refractivity contribution in [3.63, 3.8) is 0 Å². The summed E-state index contributed by atoms with van der Waals surface area (Å²) in [5.74, 6) is -1.38. The van der Waals surface area contributed by atoms with Gasteiger partial charge in [0.15, 0.2) is 0 Å². The first-order valence-electron chi connectivity index (χ1n) is 20.9. The summed E-state index contributed by atoms with van der Waals surface area (Å²) in [5, 5.41) is 47.2. The number of aliphatic hydroxyl groups excluding tert-OH is 2. The molecular formula is C46H54N4O11. The van der Waals surface area contributed by atoms with Gasteiger partial charge in [0.05, 0.1) is 34.1 Å². The van der Waals surface area contributed by atoms with E-state index in [0.717, 1.165) is 36.8 Å². The molecule has 1 saturated carbocycles. The molecule has 3 aliphatic rings. The largest absolute Gasteiger partial charge is 0.459 e. The van der Waals surface area contributed by atoms with Crippen LogP contribution in [0.1, 0.15) is 75.3 Å². The third-order valence-electron chi connectivity index (χ3n) is 11.8. The van der Waals surface area contributed by atoms with Crippen LogP contribution in [0.25, 0.3) is 6.08 Å². The molecule has 0 saturated heterocycles. The molecule has 2 aliphatic carbocycles. The molecule has 0 radical (unpaired) electrons. The van der Waals surface area contributed by atoms with Crippen molar-refractivity contribution in [2.75, 3.05) is 33.5 Å². The van der Waals surface area contributed by atoms with Gasteiger partial charge < -0.3 is 34.2 Å². The third kappa shape index (κ3) is 9.85. The average Bonchev–Trinajstić information content (AvgIpc) is 3.26. The van der Waals surface area contributed by atoms with Crippen LogP contribution in [-0.4, -0.2) is 81.9 Å². The van der Waals surface area contributed by atoms with Crippen molar-refractivity contribution in [2.45, 2.75) is 76.0 Å². The Hall–Kier alpha value is -5.90. The van der Waals surface area contributed by atoms with Gasteiger partial charge in [0.25, 0.3) is 11.4 Å². The second-order valence-electron chi connectivity index (χ2n) is 15.5. The molecule has 1 fully saturated rings. The molecule has 0 bridgehead atoms. The maximum Gasteiger partial charge on any atom is 0.273 e. The first kappa shape index (κ1) is 44.6. The molecule has 15 nitrogen and oxygen atoms in total. The minimum Gasteiger partial charge on any atom is -0.459 e. The number of allylic oxidation sites excluding steroid dienone is 1. The Morgan fingerprint density at radius 2 is 1.70 bits per heavy atom. The summed E-state index contributed by atoms with van der Waals surface area (Å²) in [4.78, 5) is 43.8. The predicted molar refractivity (Wildman–Crippen MR) is 229 cm³/mol. The standard InChI is InChI=1S/C46H54N4O11/c1-4-23-48(43(53)22-17-31-15-18-33(19-16-31)49(54)55)42-30-40(47-58-3)38-27-32(11-6-8-24-51)37(14-7-9-25-52)44-39-29-36(60-35-13-10-12-34(28-35)50(56)57)20-21-41(39)61-46(42,45(38)44)59-26-5-2/h5,10,12-13,15-22,27-29,32,37,42,44-45,51-52H,2,4,6-9,11,14,23-26,30H2,1,3H3. The number of aliphatic hydroxyl groups is 2. The molecular weight excluding hydrogens is 785 g/mol. The van der Waals surface area contributed by atoms with Gasteiger partial charge in [-0.2, -0.15) is 0 Å². The second kappa shape index (κ2) is 20.6. The zero-order valence-corrected chi connectivity index (χ0v) is 34.6. The third-order valence-corrected chi connectivity index (χ3v) is 11.8. The Labute approximate surface area is 355 Å². The molecule has 324 valence electrons. The first-order valence-corrected chi connectivity index (χ1v) is 20.9. The lowest BCUT2D eigenvalue weighted by Crippen LogP contribution is -2.70. The molecule has 6 unspecified atom stereocenters. The highest BCUT2D eigenvalue weighted by molar-refractivity contribution is 6.03. The minimum atomic E-state index is -1.47. The van der Waals surface area contributed by atoms with Crippen LogP contribution in [0.2, 0.25) is 0 Å². The number of carbonyl (C=O) groups is 1. The van der Waals surface area contributed by atoms with Gasteiger partial charge in [-0.15, -0.1) is 6.58 Å². The van der Waals surface area contributed by atoms with E-state index in [9.17, 15) is 35.2 Å². The summed E-state index contributed by atoms with van der Waals surface area (Å²) < 4.78 is 20.5. The van der Waals surface area contributed by atoms with Crippen LogP contribution in [0.3, 0.4) is 0 Å². The van der Waals surface area contributed by atoms with Gasteiger partial charge in [0, 0.05) is 61.9 Å². The second-order valence-corrected chi connectivity index (χ2v) is 15.5. The van der Waals surface area contributed by atoms with Gasteiger partial charge in [-0.3, -0.25) is 25.0 Å². The smallest absolute Gasteiger partial charge is 0.273 e. The Bertz CT molecular complexity index is 2140.